The van der Waals surface area contributed by atoms with Gasteiger partial charge in [0.05, 0.1) is 23.3 Å². The number of ether oxygens (including phenoxy) is 2. The van der Waals surface area contributed by atoms with Crippen molar-refractivity contribution in [3.8, 4) is 28.4 Å². The normalized spacial score (nSPS) is 9.81. The number of carbonyl (C=O) groups is 1. The van der Waals surface area contributed by atoms with Gasteiger partial charge in [0.25, 0.3) is 0 Å². The molecule has 0 amide bonds. The molecule has 1 unspecified atom stereocenters. The highest BCUT2D eigenvalue weighted by molar-refractivity contribution is 6.42. The van der Waals surface area contributed by atoms with Gasteiger partial charge in [0, 0.05) is 90.1 Å². The van der Waals surface area contributed by atoms with Crippen LogP contribution in [0.25, 0.3) is 17.2 Å². The summed E-state index contributed by atoms with van der Waals surface area (Å²) in [5.41, 5.74) is 11.5. The third-order valence-electron chi connectivity index (χ3n) is 14.7. The van der Waals surface area contributed by atoms with Gasteiger partial charge in [-0.1, -0.05) is 364 Å². The van der Waals surface area contributed by atoms with E-state index < -0.39 is 0 Å². The number of carbonyl (C=O) groups excluding carboxylic acids is 1. The first-order chi connectivity index (χ1) is 61.0. The molecule has 1 aliphatic rings. The van der Waals surface area contributed by atoms with E-state index in [1.807, 2.05) is 197 Å². The molecule has 23 heteroatoms. The monoisotopic (exact) mass is 2010 g/mol. The Morgan fingerprint density at radius 1 is 0.438 bits per heavy atom. The van der Waals surface area contributed by atoms with Crippen LogP contribution in [0.3, 0.4) is 0 Å². The van der Waals surface area contributed by atoms with Crippen molar-refractivity contribution >= 4 is 163 Å². The fourth-order valence-electron chi connectivity index (χ4n) is 7.99. The first-order valence-corrected chi connectivity index (χ1v) is 45.7. The number of phenols is 2. The summed E-state index contributed by atoms with van der Waals surface area (Å²) >= 11 is 73.9. The Hall–Kier alpha value is -7.05. The molecule has 1 fully saturated rings. The first kappa shape index (κ1) is 134. The van der Waals surface area contributed by atoms with Gasteiger partial charge in [-0.25, -0.2) is 4.39 Å². The van der Waals surface area contributed by atoms with Crippen molar-refractivity contribution in [2.75, 3.05) is 42.2 Å². The Labute approximate surface area is 832 Å². The van der Waals surface area contributed by atoms with Crippen LogP contribution < -0.4 is 4.74 Å². The number of aryl methyl sites for hydroxylation is 6. The molecule has 0 aliphatic heterocycles. The number of Topliss-reactive ketones (excluding diaryl/α,β-unsaturated/α-hetero) is 1. The van der Waals surface area contributed by atoms with Crippen LogP contribution in [0, 0.1) is 33.5 Å². The van der Waals surface area contributed by atoms with Crippen molar-refractivity contribution in [1.29, 1.82) is 0 Å². The standard InChI is InChI=1S/C13H12O.C9H11ClO.C9H11Cl.C8H8Cl2.C8H6Cl2.2C7H6Cl2.C7H7F.C7H8.2C6H5ClO.C4H7Cl.C3H6O.C2H6O.3C2H6.3CH4O/c1-14-13-9-7-12(8-10-13)11-5-3-2-4-6-11;1-7(11-2)8-5-3-4-6-9(8)10;1-2-3-8-4-6-9(10)7-5-8;1-2-6-3-4-7(9)5-8(6)10;1-2-6-3-4-7(9)8(10)5-6;2*1-5-2-3-6(8)4-7(5)9;1-6-2-4-7(8)5-3-6;1-7-5-3-2-4-6-7;2*7-5-1-3-6(8)4-2-5;1-4(5)2-3-4;1-3(2)4;1-2-3;6*1-2/h2-10H,1H3;3-7H,1-2H3;4-7H,2-3H2,1H3;3-5H,2H2,1H3;2-5H,1H2;2*2-4H,1H3;2-5H,1H3;2-6H,1H3;2*1-4,8H;2-3H2,1H3;1-2H3;3H,2H2,1H3;3*1-2H3;3*2H,1H3. The Morgan fingerprint density at radius 2 is 0.781 bits per heavy atom. The van der Waals surface area contributed by atoms with E-state index in [9.17, 15) is 9.18 Å². The summed E-state index contributed by atoms with van der Waals surface area (Å²) in [5.74, 6) is 1.38. The lowest BCUT2D eigenvalue weighted by atomic mass is 10.1. The predicted molar refractivity (Wildman–Crippen MR) is 565 cm³/mol. The number of ketones is 1. The van der Waals surface area contributed by atoms with Gasteiger partial charge < -0.3 is 44.9 Å². The minimum Gasteiger partial charge on any atom is -0.508 e. The largest absolute Gasteiger partial charge is 0.508 e. The molecule has 0 spiro atoms. The molecule has 0 heterocycles. The van der Waals surface area contributed by atoms with E-state index in [2.05, 4.69) is 82.8 Å². The number of aliphatic hydroxyl groups excluding tert-OH is 4. The van der Waals surface area contributed by atoms with Crippen LogP contribution in [0.1, 0.15) is 160 Å². The van der Waals surface area contributed by atoms with Crippen LogP contribution in [-0.2, 0) is 22.4 Å². The molecule has 12 aromatic rings. The lowest BCUT2D eigenvalue weighted by Crippen LogP contribution is -1.95. The summed E-state index contributed by atoms with van der Waals surface area (Å²) in [7, 11) is 6.35. The van der Waals surface area contributed by atoms with Crippen LogP contribution in [0.2, 0.25) is 60.3 Å². The van der Waals surface area contributed by atoms with E-state index in [0.29, 0.717) is 35.2 Å². The Bertz CT molecular complexity index is 4370. The zero-order chi connectivity index (χ0) is 99.6. The molecule has 13 rings (SSSR count). The summed E-state index contributed by atoms with van der Waals surface area (Å²) in [6.07, 6.45) is 7.53. The number of hydrogen-bond donors (Lipinski definition) is 6. The molecule has 0 bridgehead atoms. The molecule has 0 radical (unpaired) electrons. The SMILES string of the molecule is C=Cc1ccc(Cl)c(Cl)c1.CC.CC.CC.CC(C)=O.CC1(Cl)CC1.CCCc1ccc(Cl)cc1.CCO.CCc1ccc(Cl)cc1Cl.CO.CO.CO.COC(C)c1ccccc1Cl.COc1ccc(-c2ccccc2)cc1.Cc1ccc(Cl)cc1Cl.Cc1ccc(Cl)cc1Cl.Cc1ccc(F)cc1.Cc1ccccc1.Oc1ccc(Cl)cc1.Oc1ccc(Cl)cc1. The van der Waals surface area contributed by atoms with Crippen molar-refractivity contribution in [3.05, 3.63) is 396 Å². The number of rotatable bonds is 8. The Balaban J connectivity index is -0.000000246. The van der Waals surface area contributed by atoms with Gasteiger partial charge in [0.2, 0.25) is 0 Å². The van der Waals surface area contributed by atoms with Gasteiger partial charge in [-0.3, -0.25) is 0 Å². The van der Waals surface area contributed by atoms with Gasteiger partial charge in [0.15, 0.2) is 0 Å². The molecule has 128 heavy (non-hydrogen) atoms. The number of benzene rings is 12. The predicted octanol–water partition coefficient (Wildman–Crippen LogP) is 36.0. The van der Waals surface area contributed by atoms with Gasteiger partial charge in [0.1, 0.15) is 28.8 Å². The van der Waals surface area contributed by atoms with Crippen molar-refractivity contribution in [2.24, 2.45) is 0 Å². The molecule has 0 saturated heterocycles. The fourth-order valence-corrected chi connectivity index (χ4v) is 10.4. The number of methoxy groups -OCH3 is 2. The smallest absolute Gasteiger partial charge is 0.126 e. The molecule has 6 N–H and O–H groups in total. The minimum atomic E-state index is -0.171. The van der Waals surface area contributed by atoms with E-state index >= 15 is 0 Å². The third-order valence-corrected chi connectivity index (χ3v) is 18.8. The summed E-state index contributed by atoms with van der Waals surface area (Å²) in [6, 6.07) is 85.3. The zero-order valence-corrected chi connectivity index (χ0v) is 87.7. The lowest BCUT2D eigenvalue weighted by molar-refractivity contribution is -0.115. The molecule has 1 saturated carbocycles. The topological polar surface area (TPSA) is 157 Å². The molecule has 1 atom stereocenters. The maximum Gasteiger partial charge on any atom is 0.126 e. The van der Waals surface area contributed by atoms with Gasteiger partial charge in [-0.15, -0.1) is 11.6 Å². The van der Waals surface area contributed by atoms with E-state index in [-0.39, 0.29) is 40.7 Å². The third kappa shape index (κ3) is 77.7. The molecular formula is C105H134Cl13FO9. The minimum absolute atomic E-state index is 0.0729. The first-order valence-electron chi connectivity index (χ1n) is 40.8. The van der Waals surface area contributed by atoms with Crippen molar-refractivity contribution < 1.29 is 49.3 Å². The molecule has 12 aromatic carbocycles. The number of alkyl halides is 1. The van der Waals surface area contributed by atoms with Crippen LogP contribution in [0.15, 0.2) is 286 Å². The molecule has 1 aliphatic carbocycles. The number of phenolic OH excluding ortho intramolecular Hbond substituents is 2. The molecule has 0 aromatic heterocycles. The number of aromatic hydroxyl groups is 2. The lowest BCUT2D eigenvalue weighted by Gasteiger charge is -2.10. The van der Waals surface area contributed by atoms with E-state index in [1.165, 1.54) is 67.5 Å². The Morgan fingerprint density at radius 3 is 1.08 bits per heavy atom. The number of halogens is 14. The summed E-state index contributed by atoms with van der Waals surface area (Å²) in [5, 5.41) is 54.3. The van der Waals surface area contributed by atoms with Crippen LogP contribution in [-0.4, -0.2) is 83.5 Å². The van der Waals surface area contributed by atoms with E-state index in [0.717, 1.165) is 98.4 Å². The zero-order valence-electron chi connectivity index (χ0n) is 77.9. The number of aliphatic hydroxyl groups is 4. The highest BCUT2D eigenvalue weighted by Crippen LogP contribution is 2.41. The highest BCUT2D eigenvalue weighted by Gasteiger charge is 2.34. The van der Waals surface area contributed by atoms with Crippen molar-refractivity contribution in [3.63, 3.8) is 0 Å². The van der Waals surface area contributed by atoms with Crippen LogP contribution >= 0.6 is 151 Å². The van der Waals surface area contributed by atoms with Gasteiger partial charge >= 0.3 is 0 Å². The van der Waals surface area contributed by atoms with Crippen LogP contribution in [0.5, 0.6) is 17.2 Å². The fraction of sp³-hybridized carbons (Fsp3) is 0.286. The van der Waals surface area contributed by atoms with E-state index in [4.69, 9.17) is 191 Å². The molecule has 706 valence electrons. The highest BCUT2D eigenvalue weighted by atomic mass is 35.5. The quantitative estimate of drug-likeness (QED) is 0.0815. The van der Waals surface area contributed by atoms with E-state index in [1.54, 1.807) is 118 Å². The summed E-state index contributed by atoms with van der Waals surface area (Å²) < 4.78 is 22.3. The van der Waals surface area contributed by atoms with Crippen molar-refractivity contribution in [2.45, 2.75) is 161 Å². The second-order valence-electron chi connectivity index (χ2n) is 25.2. The Kier molecular flexibility index (Phi) is 93.4. The second kappa shape index (κ2) is 89.2. The summed E-state index contributed by atoms with van der Waals surface area (Å²) in [4.78, 5) is 9.67. The maximum absolute atomic E-state index is 12.1. The second-order valence-corrected chi connectivity index (χ2v) is 31.1. The maximum atomic E-state index is 12.1. The van der Waals surface area contributed by atoms with Gasteiger partial charge in [-0.05, 0) is 272 Å². The summed E-state index contributed by atoms with van der Waals surface area (Å²) in [6.45, 7) is 36.8. The average Bonchev–Trinajstić information content (AvgIpc) is 1.85. The average molecular weight is 2020 g/mol. The van der Waals surface area contributed by atoms with Crippen molar-refractivity contribution in [1.82, 2.24) is 0 Å². The van der Waals surface area contributed by atoms with Crippen LogP contribution in [0.4, 0.5) is 4.39 Å². The van der Waals surface area contributed by atoms with Gasteiger partial charge in [-0.2, -0.15) is 0 Å². The number of hydrogen-bond acceptors (Lipinski definition) is 9. The molecular weight excluding hydrogens is 1890 g/mol. The molecule has 9 nitrogen and oxygen atoms in total.